The zero-order valence-corrected chi connectivity index (χ0v) is 10.5. The van der Waals surface area contributed by atoms with Crippen molar-refractivity contribution in [2.45, 2.75) is 6.54 Å². The number of ether oxygens (including phenoxy) is 1. The van der Waals surface area contributed by atoms with Crippen molar-refractivity contribution < 1.29 is 9.53 Å². The van der Waals surface area contributed by atoms with Crippen LogP contribution in [0.25, 0.3) is 0 Å². The van der Waals surface area contributed by atoms with Gasteiger partial charge in [-0.3, -0.25) is 0 Å². The first-order chi connectivity index (χ1) is 8.78. The van der Waals surface area contributed by atoms with Crippen LogP contribution in [0.3, 0.4) is 0 Å². The molecule has 2 amide bonds. The average Bonchev–Trinajstić information content (AvgIpc) is 2.35. The van der Waals surface area contributed by atoms with Gasteiger partial charge in [-0.25, -0.2) is 4.79 Å². The van der Waals surface area contributed by atoms with Crippen LogP contribution in [0.4, 0.5) is 4.79 Å². The van der Waals surface area contributed by atoms with Gasteiger partial charge in [-0.1, -0.05) is 12.1 Å². The second-order valence-corrected chi connectivity index (χ2v) is 4.44. The molecule has 1 saturated heterocycles. The van der Waals surface area contributed by atoms with Crippen LogP contribution in [0.5, 0.6) is 5.75 Å². The number of amides is 2. The highest BCUT2D eigenvalue weighted by molar-refractivity contribution is 5.73. The first kappa shape index (κ1) is 12.7. The molecule has 2 rings (SSSR count). The number of methoxy groups -OCH3 is 1. The summed E-state index contributed by atoms with van der Waals surface area (Å²) in [4.78, 5) is 11.5. The molecule has 0 aliphatic carbocycles. The quantitative estimate of drug-likeness (QED) is 0.720. The van der Waals surface area contributed by atoms with E-state index < -0.39 is 0 Å². The molecular formula is C13H19N3O2. The van der Waals surface area contributed by atoms with Gasteiger partial charge in [-0.15, -0.1) is 0 Å². The lowest BCUT2D eigenvalue weighted by Gasteiger charge is -2.27. The molecule has 98 valence electrons. The van der Waals surface area contributed by atoms with Crippen LogP contribution < -0.4 is 20.7 Å². The maximum atomic E-state index is 11.5. The molecule has 18 heavy (non-hydrogen) atoms. The van der Waals surface area contributed by atoms with Crippen molar-refractivity contribution in [3.05, 3.63) is 29.8 Å². The summed E-state index contributed by atoms with van der Waals surface area (Å²) in [6, 6.07) is 7.53. The predicted molar refractivity (Wildman–Crippen MR) is 69.6 cm³/mol. The van der Waals surface area contributed by atoms with E-state index in [1.165, 1.54) is 0 Å². The van der Waals surface area contributed by atoms with Crippen LogP contribution >= 0.6 is 0 Å². The molecule has 1 aliphatic heterocycles. The van der Waals surface area contributed by atoms with Gasteiger partial charge >= 0.3 is 6.03 Å². The van der Waals surface area contributed by atoms with E-state index in [-0.39, 0.29) is 6.03 Å². The Morgan fingerprint density at radius 1 is 1.33 bits per heavy atom. The van der Waals surface area contributed by atoms with Crippen LogP contribution in [0.15, 0.2) is 24.3 Å². The summed E-state index contributed by atoms with van der Waals surface area (Å²) in [6.07, 6.45) is 0. The number of hydrogen-bond donors (Lipinski definition) is 3. The molecule has 0 spiro atoms. The van der Waals surface area contributed by atoms with Crippen LogP contribution in [0.2, 0.25) is 0 Å². The molecule has 0 bridgehead atoms. The molecule has 0 aromatic heterocycles. The van der Waals surface area contributed by atoms with E-state index in [0.29, 0.717) is 12.5 Å². The van der Waals surface area contributed by atoms with Crippen molar-refractivity contribution in [3.8, 4) is 5.75 Å². The number of nitrogens with one attached hydrogen (secondary N) is 3. The minimum Gasteiger partial charge on any atom is -0.497 e. The van der Waals surface area contributed by atoms with E-state index >= 15 is 0 Å². The van der Waals surface area contributed by atoms with Crippen molar-refractivity contribution in [2.75, 3.05) is 26.7 Å². The Kier molecular flexibility index (Phi) is 4.41. The van der Waals surface area contributed by atoms with E-state index in [4.69, 9.17) is 4.74 Å². The topological polar surface area (TPSA) is 62.4 Å². The molecule has 0 saturated carbocycles. The third-order valence-corrected chi connectivity index (χ3v) is 3.03. The van der Waals surface area contributed by atoms with Gasteiger partial charge in [-0.2, -0.15) is 0 Å². The number of benzene rings is 1. The number of carbonyl (C=O) groups excluding carboxylic acids is 1. The predicted octanol–water partition coefficient (Wildman–Crippen LogP) is 0.714. The Labute approximate surface area is 107 Å². The normalized spacial score (nSPS) is 14.7. The first-order valence-electron chi connectivity index (χ1n) is 6.13. The summed E-state index contributed by atoms with van der Waals surface area (Å²) >= 11 is 0. The second kappa shape index (κ2) is 6.26. The number of carbonyl (C=O) groups is 1. The van der Waals surface area contributed by atoms with Gasteiger partial charge in [0.05, 0.1) is 7.11 Å². The lowest BCUT2D eigenvalue weighted by atomic mass is 10.0. The van der Waals surface area contributed by atoms with Crippen LogP contribution in [-0.4, -0.2) is 32.8 Å². The standard InChI is InChI=1S/C13H19N3O2/c1-18-12-4-2-10(3-5-12)8-15-13(17)16-9-11-6-14-7-11/h2-5,11,14H,6-9H2,1H3,(H2,15,16,17). The van der Waals surface area contributed by atoms with Gasteiger partial charge in [-0.05, 0) is 17.7 Å². The molecule has 5 nitrogen and oxygen atoms in total. The van der Waals surface area contributed by atoms with Crippen molar-refractivity contribution in [1.82, 2.24) is 16.0 Å². The Balaban J connectivity index is 1.67. The summed E-state index contributed by atoms with van der Waals surface area (Å²) in [7, 11) is 1.63. The molecule has 1 aromatic rings. The molecular weight excluding hydrogens is 230 g/mol. The van der Waals surface area contributed by atoms with E-state index in [0.717, 1.165) is 30.9 Å². The van der Waals surface area contributed by atoms with Gasteiger partial charge in [0.15, 0.2) is 0 Å². The second-order valence-electron chi connectivity index (χ2n) is 4.44. The molecule has 0 unspecified atom stereocenters. The molecule has 1 fully saturated rings. The Morgan fingerprint density at radius 2 is 2.06 bits per heavy atom. The fourth-order valence-electron chi connectivity index (χ4n) is 1.72. The molecule has 3 N–H and O–H groups in total. The minimum atomic E-state index is -0.113. The molecule has 0 atom stereocenters. The van der Waals surface area contributed by atoms with E-state index in [9.17, 15) is 4.79 Å². The summed E-state index contributed by atoms with van der Waals surface area (Å²) < 4.78 is 5.07. The third-order valence-electron chi connectivity index (χ3n) is 3.03. The van der Waals surface area contributed by atoms with Gasteiger partial charge < -0.3 is 20.7 Å². The van der Waals surface area contributed by atoms with Crippen molar-refractivity contribution >= 4 is 6.03 Å². The highest BCUT2D eigenvalue weighted by Gasteiger charge is 2.16. The smallest absolute Gasteiger partial charge is 0.315 e. The minimum absolute atomic E-state index is 0.113. The Hall–Kier alpha value is -1.75. The molecule has 5 heteroatoms. The van der Waals surface area contributed by atoms with E-state index in [1.807, 2.05) is 24.3 Å². The number of urea groups is 1. The fourth-order valence-corrected chi connectivity index (χ4v) is 1.72. The molecule has 1 aliphatic rings. The zero-order valence-electron chi connectivity index (χ0n) is 10.5. The van der Waals surface area contributed by atoms with Gasteiger partial charge in [0.25, 0.3) is 0 Å². The van der Waals surface area contributed by atoms with E-state index in [1.54, 1.807) is 7.11 Å². The van der Waals surface area contributed by atoms with Gasteiger partial charge in [0, 0.05) is 32.1 Å². The summed E-state index contributed by atoms with van der Waals surface area (Å²) in [5, 5.41) is 8.86. The highest BCUT2D eigenvalue weighted by atomic mass is 16.5. The third kappa shape index (κ3) is 3.63. The lowest BCUT2D eigenvalue weighted by Crippen LogP contribution is -2.49. The monoisotopic (exact) mass is 249 g/mol. The average molecular weight is 249 g/mol. The van der Waals surface area contributed by atoms with Crippen molar-refractivity contribution in [3.63, 3.8) is 0 Å². The molecule has 1 heterocycles. The van der Waals surface area contributed by atoms with Gasteiger partial charge in [0.1, 0.15) is 5.75 Å². The molecule has 1 aromatic carbocycles. The van der Waals surface area contributed by atoms with Crippen LogP contribution in [0, 0.1) is 5.92 Å². The first-order valence-corrected chi connectivity index (χ1v) is 6.13. The highest BCUT2D eigenvalue weighted by Crippen LogP contribution is 2.10. The largest absolute Gasteiger partial charge is 0.497 e. The fraction of sp³-hybridized carbons (Fsp3) is 0.462. The van der Waals surface area contributed by atoms with Gasteiger partial charge in [0.2, 0.25) is 0 Å². The SMILES string of the molecule is COc1ccc(CNC(=O)NCC2CNC2)cc1. The van der Waals surface area contributed by atoms with Crippen LogP contribution in [-0.2, 0) is 6.54 Å². The zero-order chi connectivity index (χ0) is 12.8. The van der Waals surface area contributed by atoms with Crippen molar-refractivity contribution in [1.29, 1.82) is 0 Å². The van der Waals surface area contributed by atoms with E-state index in [2.05, 4.69) is 16.0 Å². The lowest BCUT2D eigenvalue weighted by molar-refractivity contribution is 0.235. The van der Waals surface area contributed by atoms with Crippen LogP contribution in [0.1, 0.15) is 5.56 Å². The summed E-state index contributed by atoms with van der Waals surface area (Å²) in [5.74, 6) is 1.40. The Bertz CT molecular complexity index is 388. The maximum Gasteiger partial charge on any atom is 0.315 e. The number of rotatable bonds is 5. The van der Waals surface area contributed by atoms with Crippen molar-refractivity contribution in [2.24, 2.45) is 5.92 Å². The number of hydrogen-bond acceptors (Lipinski definition) is 3. The Morgan fingerprint density at radius 3 is 2.61 bits per heavy atom. The summed E-state index contributed by atoms with van der Waals surface area (Å²) in [6.45, 7) is 3.26. The maximum absolute atomic E-state index is 11.5. The molecule has 0 radical (unpaired) electrons. The summed E-state index contributed by atoms with van der Waals surface area (Å²) in [5.41, 5.74) is 1.05.